The van der Waals surface area contributed by atoms with Crippen molar-refractivity contribution in [3.05, 3.63) is 76.3 Å². The summed E-state index contributed by atoms with van der Waals surface area (Å²) < 4.78 is 11.5. The van der Waals surface area contributed by atoms with Crippen LogP contribution in [0.4, 0.5) is 0 Å². The van der Waals surface area contributed by atoms with Crippen molar-refractivity contribution in [2.45, 2.75) is 6.04 Å². The highest BCUT2D eigenvalue weighted by Gasteiger charge is 2.45. The molecule has 1 heterocycles. The topological polar surface area (TPSA) is 76.1 Å². The largest absolute Gasteiger partial charge is 0.507 e. The average molecular weight is 458 g/mol. The van der Waals surface area contributed by atoms with Crippen molar-refractivity contribution < 1.29 is 24.2 Å². The summed E-state index contributed by atoms with van der Waals surface area (Å²) in [6, 6.07) is 11.2. The van der Waals surface area contributed by atoms with Gasteiger partial charge in [0.2, 0.25) is 0 Å². The molecule has 0 saturated carbocycles. The van der Waals surface area contributed by atoms with E-state index in [9.17, 15) is 14.7 Å². The van der Waals surface area contributed by atoms with Gasteiger partial charge in [0, 0.05) is 16.6 Å². The number of carbonyl (C=O) groups is 2. The predicted molar refractivity (Wildman–Crippen MR) is 113 cm³/mol. The maximum absolute atomic E-state index is 12.8. The molecule has 2 aromatic carbocycles. The summed E-state index contributed by atoms with van der Waals surface area (Å²) in [4.78, 5) is 26.9. The second-order valence-electron chi connectivity index (χ2n) is 6.36. The molecule has 0 bridgehead atoms. The zero-order valence-corrected chi connectivity index (χ0v) is 17.6. The molecule has 1 atom stereocenters. The third kappa shape index (κ3) is 3.78. The number of aliphatic hydroxyl groups is 1. The standard InChI is InChI=1S/C22H20BrNO5/c1-4-11-24-19(14-7-10-16(28-2)17(12-14)29-3)18(21(26)22(24)27)20(25)13-5-8-15(23)9-6-13/h4-10,12,19,25H,1,11H2,2-3H3/t19-/m0/s1. The van der Waals surface area contributed by atoms with E-state index in [0.29, 0.717) is 22.6 Å². The number of aliphatic hydroxyl groups excluding tert-OH is 1. The quantitative estimate of drug-likeness (QED) is 0.306. The minimum Gasteiger partial charge on any atom is -0.507 e. The Morgan fingerprint density at radius 2 is 1.79 bits per heavy atom. The SMILES string of the molecule is C=CCN1C(=O)C(=O)C(=C(O)c2ccc(Br)cc2)[C@@H]1c1ccc(OC)c(OC)c1. The number of hydrogen-bond acceptors (Lipinski definition) is 5. The lowest BCUT2D eigenvalue weighted by Crippen LogP contribution is -2.29. The van der Waals surface area contributed by atoms with E-state index < -0.39 is 17.7 Å². The van der Waals surface area contributed by atoms with E-state index in [1.54, 1.807) is 48.5 Å². The summed E-state index contributed by atoms with van der Waals surface area (Å²) in [7, 11) is 3.03. The predicted octanol–water partition coefficient (Wildman–Crippen LogP) is 4.07. The number of nitrogens with zero attached hydrogens (tertiary/aromatic N) is 1. The van der Waals surface area contributed by atoms with Gasteiger partial charge in [-0.1, -0.05) is 40.2 Å². The Kier molecular flexibility index (Phi) is 6.08. The molecular weight excluding hydrogens is 438 g/mol. The van der Waals surface area contributed by atoms with Crippen molar-refractivity contribution in [3.8, 4) is 11.5 Å². The summed E-state index contributed by atoms with van der Waals surface area (Å²) in [5.41, 5.74) is 1.07. The summed E-state index contributed by atoms with van der Waals surface area (Å²) in [5, 5.41) is 10.9. The summed E-state index contributed by atoms with van der Waals surface area (Å²) in [6.07, 6.45) is 1.54. The fraction of sp³-hybridized carbons (Fsp3) is 0.182. The van der Waals surface area contributed by atoms with Gasteiger partial charge in [0.25, 0.3) is 11.7 Å². The molecule has 1 aliphatic rings. The second kappa shape index (κ2) is 8.53. The Morgan fingerprint density at radius 3 is 2.38 bits per heavy atom. The average Bonchev–Trinajstić information content (AvgIpc) is 2.98. The summed E-state index contributed by atoms with van der Waals surface area (Å²) >= 11 is 3.34. The normalized spacial score (nSPS) is 18.0. The monoisotopic (exact) mass is 457 g/mol. The molecule has 3 rings (SSSR count). The van der Waals surface area contributed by atoms with Crippen molar-refractivity contribution in [1.82, 2.24) is 4.90 Å². The molecule has 0 unspecified atom stereocenters. The maximum Gasteiger partial charge on any atom is 0.295 e. The van der Waals surface area contributed by atoms with Crippen LogP contribution in [0.3, 0.4) is 0 Å². The van der Waals surface area contributed by atoms with Crippen LogP contribution in [-0.2, 0) is 9.59 Å². The van der Waals surface area contributed by atoms with Crippen LogP contribution in [0.2, 0.25) is 0 Å². The van der Waals surface area contributed by atoms with Crippen molar-refractivity contribution in [2.75, 3.05) is 20.8 Å². The maximum atomic E-state index is 12.8. The minimum absolute atomic E-state index is 0.0198. The molecule has 7 heteroatoms. The lowest BCUT2D eigenvalue weighted by molar-refractivity contribution is -0.139. The van der Waals surface area contributed by atoms with Crippen LogP contribution in [0.15, 0.2) is 65.2 Å². The number of rotatable bonds is 6. The zero-order chi connectivity index (χ0) is 21.1. The zero-order valence-electron chi connectivity index (χ0n) is 16.0. The molecule has 0 aromatic heterocycles. The Hall–Kier alpha value is -3.06. The lowest BCUT2D eigenvalue weighted by Gasteiger charge is -2.24. The molecule has 1 aliphatic heterocycles. The molecule has 150 valence electrons. The van der Waals surface area contributed by atoms with Crippen LogP contribution >= 0.6 is 15.9 Å². The molecule has 0 radical (unpaired) electrons. The van der Waals surface area contributed by atoms with Gasteiger partial charge >= 0.3 is 0 Å². The van der Waals surface area contributed by atoms with Crippen LogP contribution in [0.1, 0.15) is 17.2 Å². The van der Waals surface area contributed by atoms with Gasteiger partial charge in [-0.2, -0.15) is 0 Å². The Labute approximate surface area is 177 Å². The van der Waals surface area contributed by atoms with Gasteiger partial charge in [-0.05, 0) is 29.8 Å². The smallest absolute Gasteiger partial charge is 0.295 e. The summed E-state index contributed by atoms with van der Waals surface area (Å²) in [6.45, 7) is 3.83. The summed E-state index contributed by atoms with van der Waals surface area (Å²) in [5.74, 6) is -0.694. The fourth-order valence-corrected chi connectivity index (χ4v) is 3.60. The number of ether oxygens (including phenoxy) is 2. The highest BCUT2D eigenvalue weighted by molar-refractivity contribution is 9.10. The van der Waals surface area contributed by atoms with Crippen molar-refractivity contribution in [3.63, 3.8) is 0 Å². The first kappa shape index (κ1) is 20.7. The van der Waals surface area contributed by atoms with Gasteiger partial charge < -0.3 is 19.5 Å². The van der Waals surface area contributed by atoms with Crippen LogP contribution in [0.5, 0.6) is 11.5 Å². The molecule has 1 N–H and O–H groups in total. The van der Waals surface area contributed by atoms with Gasteiger partial charge in [0.15, 0.2) is 11.5 Å². The second-order valence-corrected chi connectivity index (χ2v) is 7.28. The van der Waals surface area contributed by atoms with E-state index in [1.165, 1.54) is 19.1 Å². The molecule has 1 amide bonds. The van der Waals surface area contributed by atoms with E-state index in [-0.39, 0.29) is 17.9 Å². The van der Waals surface area contributed by atoms with Crippen LogP contribution in [0, 0.1) is 0 Å². The van der Waals surface area contributed by atoms with Crippen molar-refractivity contribution in [2.24, 2.45) is 0 Å². The molecule has 0 aliphatic carbocycles. The van der Waals surface area contributed by atoms with Crippen molar-refractivity contribution in [1.29, 1.82) is 0 Å². The van der Waals surface area contributed by atoms with E-state index in [1.807, 2.05) is 0 Å². The number of methoxy groups -OCH3 is 2. The number of ketones is 1. The van der Waals surface area contributed by atoms with Crippen LogP contribution in [0.25, 0.3) is 5.76 Å². The van der Waals surface area contributed by atoms with Gasteiger partial charge in [0.05, 0.1) is 25.8 Å². The first-order valence-electron chi connectivity index (χ1n) is 8.80. The minimum atomic E-state index is -0.781. The van der Waals surface area contributed by atoms with E-state index in [4.69, 9.17) is 9.47 Å². The Morgan fingerprint density at radius 1 is 1.14 bits per heavy atom. The number of likely N-dealkylation sites (tertiary alicyclic amines) is 1. The van der Waals surface area contributed by atoms with Gasteiger partial charge in [-0.3, -0.25) is 9.59 Å². The number of halogens is 1. The molecule has 1 fully saturated rings. The van der Waals surface area contributed by atoms with Crippen molar-refractivity contribution >= 4 is 33.4 Å². The number of amides is 1. The van der Waals surface area contributed by atoms with Crippen LogP contribution < -0.4 is 9.47 Å². The molecule has 2 aromatic rings. The van der Waals surface area contributed by atoms with Gasteiger partial charge in [-0.25, -0.2) is 0 Å². The highest BCUT2D eigenvalue weighted by atomic mass is 79.9. The molecule has 6 nitrogen and oxygen atoms in total. The third-order valence-corrected chi connectivity index (χ3v) is 5.24. The number of benzene rings is 2. The lowest BCUT2D eigenvalue weighted by atomic mass is 9.95. The first-order chi connectivity index (χ1) is 13.9. The fourth-order valence-electron chi connectivity index (χ4n) is 3.34. The Balaban J connectivity index is 2.21. The number of hydrogen-bond donors (Lipinski definition) is 1. The number of carbonyl (C=O) groups excluding carboxylic acids is 2. The first-order valence-corrected chi connectivity index (χ1v) is 9.59. The van der Waals surface area contributed by atoms with Gasteiger partial charge in [-0.15, -0.1) is 6.58 Å². The van der Waals surface area contributed by atoms with E-state index >= 15 is 0 Å². The molecular formula is C22H20BrNO5. The molecule has 29 heavy (non-hydrogen) atoms. The third-order valence-electron chi connectivity index (χ3n) is 4.71. The highest BCUT2D eigenvalue weighted by Crippen LogP contribution is 2.41. The van der Waals surface area contributed by atoms with Crippen LogP contribution in [-0.4, -0.2) is 42.5 Å². The Bertz CT molecular complexity index is 997. The van der Waals surface area contributed by atoms with E-state index in [0.717, 1.165) is 4.47 Å². The van der Waals surface area contributed by atoms with Gasteiger partial charge in [0.1, 0.15) is 5.76 Å². The van der Waals surface area contributed by atoms with E-state index in [2.05, 4.69) is 22.5 Å². The molecule has 0 spiro atoms. The number of Topliss-reactive ketones (excluding diaryl/α,β-unsaturated/α-hetero) is 1. The molecule has 1 saturated heterocycles.